The molecule has 0 bridgehead atoms. The summed E-state index contributed by atoms with van der Waals surface area (Å²) in [6, 6.07) is 8.12. The number of benzene rings is 1. The molecule has 1 aliphatic carbocycles. The van der Waals surface area contributed by atoms with Gasteiger partial charge in [-0.3, -0.25) is 0 Å². The van der Waals surface area contributed by atoms with Gasteiger partial charge in [-0.25, -0.2) is 4.79 Å². The summed E-state index contributed by atoms with van der Waals surface area (Å²) in [5.74, 6) is 0.277. The van der Waals surface area contributed by atoms with Crippen LogP contribution in [0.4, 0.5) is 5.69 Å². The normalized spacial score (nSPS) is 23.0. The number of anilines is 1. The molecule has 0 aromatic heterocycles. The second-order valence-corrected chi connectivity index (χ2v) is 5.03. The van der Waals surface area contributed by atoms with Crippen molar-refractivity contribution in [3.63, 3.8) is 0 Å². The van der Waals surface area contributed by atoms with E-state index in [0.29, 0.717) is 5.92 Å². The van der Waals surface area contributed by atoms with Gasteiger partial charge >= 0.3 is 5.97 Å². The second-order valence-electron chi connectivity index (χ2n) is 5.03. The zero-order chi connectivity index (χ0) is 13.7. The number of nitrogen functional groups attached to an aromatic ring is 1. The smallest absolute Gasteiger partial charge is 0.331 e. The van der Waals surface area contributed by atoms with Crippen LogP contribution in [0.1, 0.15) is 37.2 Å². The van der Waals surface area contributed by atoms with Gasteiger partial charge in [0, 0.05) is 5.69 Å². The number of methoxy groups -OCH3 is 1. The topological polar surface area (TPSA) is 61.5 Å². The van der Waals surface area contributed by atoms with Crippen molar-refractivity contribution in [3.05, 3.63) is 29.8 Å². The van der Waals surface area contributed by atoms with Crippen LogP contribution in [0.15, 0.2) is 24.3 Å². The highest BCUT2D eigenvalue weighted by Crippen LogP contribution is 2.34. The summed E-state index contributed by atoms with van der Waals surface area (Å²) in [5.41, 5.74) is 7.85. The monoisotopic (exact) mass is 263 g/mol. The van der Waals surface area contributed by atoms with Crippen LogP contribution in [0.5, 0.6) is 0 Å². The Morgan fingerprint density at radius 3 is 2.42 bits per heavy atom. The Balaban J connectivity index is 1.79. The maximum absolute atomic E-state index is 11.0. The first kappa shape index (κ1) is 13.9. The summed E-state index contributed by atoms with van der Waals surface area (Å²) < 4.78 is 10.1. The lowest BCUT2D eigenvalue weighted by Crippen LogP contribution is -2.24. The molecule has 1 fully saturated rings. The van der Waals surface area contributed by atoms with Crippen LogP contribution in [0.2, 0.25) is 0 Å². The molecule has 1 saturated carbocycles. The highest BCUT2D eigenvalue weighted by molar-refractivity contribution is 5.70. The van der Waals surface area contributed by atoms with E-state index in [4.69, 9.17) is 10.5 Å². The van der Waals surface area contributed by atoms with Crippen molar-refractivity contribution in [2.24, 2.45) is 0 Å². The third kappa shape index (κ3) is 3.96. The Morgan fingerprint density at radius 1 is 1.21 bits per heavy atom. The van der Waals surface area contributed by atoms with Crippen LogP contribution < -0.4 is 5.73 Å². The van der Waals surface area contributed by atoms with E-state index in [1.807, 2.05) is 12.1 Å². The fourth-order valence-corrected chi connectivity index (χ4v) is 2.58. The molecule has 0 amide bonds. The molecule has 104 valence electrons. The molecule has 0 aliphatic heterocycles. The van der Waals surface area contributed by atoms with Gasteiger partial charge in [0.25, 0.3) is 0 Å². The first-order chi connectivity index (χ1) is 9.19. The van der Waals surface area contributed by atoms with Crippen molar-refractivity contribution in [2.75, 3.05) is 19.5 Å². The second kappa shape index (κ2) is 6.57. The van der Waals surface area contributed by atoms with Crippen LogP contribution in [-0.4, -0.2) is 25.8 Å². The van der Waals surface area contributed by atoms with Gasteiger partial charge in [-0.05, 0) is 49.3 Å². The van der Waals surface area contributed by atoms with Gasteiger partial charge < -0.3 is 15.2 Å². The molecule has 4 nitrogen and oxygen atoms in total. The summed E-state index contributed by atoms with van der Waals surface area (Å²) in [6.07, 6.45) is 4.35. The standard InChI is InChI=1S/C15H21NO3/c1-18-15(17)10-19-14-8-4-12(5-9-14)11-2-6-13(16)7-3-11/h2-3,6-7,12,14H,4-5,8-10,16H2,1H3/t12-,14-. The van der Waals surface area contributed by atoms with Gasteiger partial charge in [-0.15, -0.1) is 0 Å². The van der Waals surface area contributed by atoms with E-state index in [1.54, 1.807) is 0 Å². The van der Waals surface area contributed by atoms with Crippen molar-refractivity contribution in [1.82, 2.24) is 0 Å². The lowest BCUT2D eigenvalue weighted by molar-refractivity contribution is -0.148. The Hall–Kier alpha value is -1.55. The van der Waals surface area contributed by atoms with E-state index in [2.05, 4.69) is 16.9 Å². The average Bonchev–Trinajstić information content (AvgIpc) is 2.46. The van der Waals surface area contributed by atoms with Gasteiger partial charge in [0.05, 0.1) is 13.2 Å². The SMILES string of the molecule is COC(=O)CO[C@H]1CC[C@H](c2ccc(N)cc2)CC1. The molecule has 4 heteroatoms. The maximum atomic E-state index is 11.0. The lowest BCUT2D eigenvalue weighted by Gasteiger charge is -2.28. The summed E-state index contributed by atoms with van der Waals surface area (Å²) in [7, 11) is 1.38. The molecular formula is C15H21NO3. The van der Waals surface area contributed by atoms with E-state index in [9.17, 15) is 4.79 Å². The van der Waals surface area contributed by atoms with Gasteiger partial charge in [0.2, 0.25) is 0 Å². The number of rotatable bonds is 4. The van der Waals surface area contributed by atoms with Crippen LogP contribution in [-0.2, 0) is 14.3 Å². The molecule has 0 atom stereocenters. The molecule has 1 aromatic rings. The number of hydrogen-bond acceptors (Lipinski definition) is 4. The molecule has 2 N–H and O–H groups in total. The van der Waals surface area contributed by atoms with Crippen LogP contribution >= 0.6 is 0 Å². The maximum Gasteiger partial charge on any atom is 0.331 e. The van der Waals surface area contributed by atoms with E-state index in [-0.39, 0.29) is 18.7 Å². The predicted molar refractivity (Wildman–Crippen MR) is 73.8 cm³/mol. The third-order valence-corrected chi connectivity index (χ3v) is 3.75. The average molecular weight is 263 g/mol. The first-order valence-electron chi connectivity index (χ1n) is 6.73. The fraction of sp³-hybridized carbons (Fsp3) is 0.533. The summed E-state index contributed by atoms with van der Waals surface area (Å²) in [4.78, 5) is 11.0. The number of esters is 1. The Bertz CT molecular complexity index is 408. The molecule has 1 aromatic carbocycles. The van der Waals surface area contributed by atoms with Crippen molar-refractivity contribution >= 4 is 11.7 Å². The van der Waals surface area contributed by atoms with Crippen molar-refractivity contribution < 1.29 is 14.3 Å². The van der Waals surface area contributed by atoms with Crippen LogP contribution in [0.25, 0.3) is 0 Å². The van der Waals surface area contributed by atoms with Gasteiger partial charge in [-0.1, -0.05) is 12.1 Å². The highest BCUT2D eigenvalue weighted by Gasteiger charge is 2.23. The molecule has 0 saturated heterocycles. The van der Waals surface area contributed by atoms with Crippen molar-refractivity contribution in [3.8, 4) is 0 Å². The Kier molecular flexibility index (Phi) is 4.80. The van der Waals surface area contributed by atoms with Crippen LogP contribution in [0, 0.1) is 0 Å². The van der Waals surface area contributed by atoms with Crippen LogP contribution in [0.3, 0.4) is 0 Å². The molecule has 1 aliphatic rings. The Labute approximate surface area is 113 Å². The minimum absolute atomic E-state index is 0.0632. The van der Waals surface area contributed by atoms with Gasteiger partial charge in [0.1, 0.15) is 6.61 Å². The highest BCUT2D eigenvalue weighted by atomic mass is 16.6. The zero-order valence-corrected chi connectivity index (χ0v) is 11.3. The molecule has 0 radical (unpaired) electrons. The number of ether oxygens (including phenoxy) is 2. The van der Waals surface area contributed by atoms with E-state index in [1.165, 1.54) is 12.7 Å². The third-order valence-electron chi connectivity index (χ3n) is 3.75. The molecule has 0 heterocycles. The Morgan fingerprint density at radius 2 is 1.84 bits per heavy atom. The minimum atomic E-state index is -0.305. The van der Waals surface area contributed by atoms with Crippen molar-refractivity contribution in [1.29, 1.82) is 0 Å². The van der Waals surface area contributed by atoms with E-state index in [0.717, 1.165) is 31.4 Å². The van der Waals surface area contributed by atoms with E-state index >= 15 is 0 Å². The quantitative estimate of drug-likeness (QED) is 0.669. The number of carbonyl (C=O) groups excluding carboxylic acids is 1. The van der Waals surface area contributed by atoms with Gasteiger partial charge in [-0.2, -0.15) is 0 Å². The summed E-state index contributed by atoms with van der Waals surface area (Å²) >= 11 is 0. The number of hydrogen-bond donors (Lipinski definition) is 1. The minimum Gasteiger partial charge on any atom is -0.467 e. The number of carbonyl (C=O) groups is 1. The molecule has 0 unspecified atom stereocenters. The first-order valence-corrected chi connectivity index (χ1v) is 6.73. The molecule has 19 heavy (non-hydrogen) atoms. The van der Waals surface area contributed by atoms with Crippen molar-refractivity contribution in [2.45, 2.75) is 37.7 Å². The van der Waals surface area contributed by atoms with Gasteiger partial charge in [0.15, 0.2) is 0 Å². The summed E-state index contributed by atoms with van der Waals surface area (Å²) in [6.45, 7) is 0.0632. The molecule has 0 spiro atoms. The zero-order valence-electron chi connectivity index (χ0n) is 11.3. The number of nitrogens with two attached hydrogens (primary N) is 1. The largest absolute Gasteiger partial charge is 0.467 e. The lowest BCUT2D eigenvalue weighted by atomic mass is 9.83. The molecule has 2 rings (SSSR count). The fourth-order valence-electron chi connectivity index (χ4n) is 2.58. The van der Waals surface area contributed by atoms with E-state index < -0.39 is 0 Å². The summed E-state index contributed by atoms with van der Waals surface area (Å²) in [5, 5.41) is 0. The molecular weight excluding hydrogens is 242 g/mol. The predicted octanol–water partition coefficient (Wildman–Crippen LogP) is 2.48.